The number of hydrogen-bond donors (Lipinski definition) is 0. The Bertz CT molecular complexity index is 1140. The highest BCUT2D eigenvalue weighted by atomic mass is 32.1. The lowest BCUT2D eigenvalue weighted by atomic mass is 9.86. The molecule has 3 aromatic rings. The summed E-state index contributed by atoms with van der Waals surface area (Å²) < 4.78 is 10.9. The molecule has 2 aliphatic heterocycles. The Morgan fingerprint density at radius 3 is 2.78 bits per heavy atom. The lowest BCUT2D eigenvalue weighted by molar-refractivity contribution is 0.0963. The van der Waals surface area contributed by atoms with E-state index < -0.39 is 0 Å². The second kappa shape index (κ2) is 8.18. The molecule has 0 N–H and O–H groups in total. The number of aromatic nitrogens is 2. The fourth-order valence-corrected chi connectivity index (χ4v) is 5.55. The van der Waals surface area contributed by atoms with E-state index in [1.807, 2.05) is 6.07 Å². The third-order valence-corrected chi connectivity index (χ3v) is 7.51. The van der Waals surface area contributed by atoms with Gasteiger partial charge in [-0.1, -0.05) is 12.1 Å². The average molecular weight is 449 g/mol. The zero-order valence-electron chi connectivity index (χ0n) is 17.7. The van der Waals surface area contributed by atoms with Gasteiger partial charge in [-0.2, -0.15) is 0 Å². The van der Waals surface area contributed by atoms with Crippen molar-refractivity contribution in [3.63, 3.8) is 0 Å². The van der Waals surface area contributed by atoms with Crippen molar-refractivity contribution in [2.24, 2.45) is 0 Å². The van der Waals surface area contributed by atoms with Crippen LogP contribution in [0.2, 0.25) is 0 Å². The first kappa shape index (κ1) is 19.7. The monoisotopic (exact) mass is 448 g/mol. The maximum atomic E-state index is 12.7. The lowest BCUT2D eigenvalue weighted by Gasteiger charge is -2.35. The molecule has 7 nitrogen and oxygen atoms in total. The van der Waals surface area contributed by atoms with E-state index in [-0.39, 0.29) is 11.7 Å². The topological polar surface area (TPSA) is 67.8 Å². The molecule has 0 spiro atoms. The van der Waals surface area contributed by atoms with E-state index in [4.69, 9.17) is 14.5 Å². The molecule has 8 heteroatoms. The van der Waals surface area contributed by atoms with Gasteiger partial charge in [-0.05, 0) is 35.6 Å². The SMILES string of the molecule is O=C1CC(c2cccs2)Cc2nc(N3CCN(Cc4ccc5c(c4)OCO5)CC3)ncc21. The molecule has 1 fully saturated rings. The Balaban J connectivity index is 1.12. The molecule has 1 unspecified atom stereocenters. The third kappa shape index (κ3) is 3.73. The number of carbonyl (C=O) groups is 1. The summed E-state index contributed by atoms with van der Waals surface area (Å²) in [7, 11) is 0. The molecule has 1 saturated heterocycles. The molecule has 1 aromatic carbocycles. The number of rotatable bonds is 4. The second-order valence-electron chi connectivity index (χ2n) is 8.52. The van der Waals surface area contributed by atoms with E-state index in [2.05, 4.69) is 44.4 Å². The van der Waals surface area contributed by atoms with E-state index in [0.29, 0.717) is 18.8 Å². The van der Waals surface area contributed by atoms with Gasteiger partial charge in [0.15, 0.2) is 17.3 Å². The summed E-state index contributed by atoms with van der Waals surface area (Å²) in [6.45, 7) is 4.79. The first-order valence-corrected chi connectivity index (χ1v) is 11.9. The fraction of sp³-hybridized carbons (Fsp3) is 0.375. The number of nitrogens with zero attached hydrogens (tertiary/aromatic N) is 4. The Kier molecular flexibility index (Phi) is 5.04. The minimum absolute atomic E-state index is 0.157. The minimum atomic E-state index is 0.157. The van der Waals surface area contributed by atoms with Gasteiger partial charge in [-0.25, -0.2) is 9.97 Å². The number of thiophene rings is 1. The number of carbonyl (C=O) groups excluding carboxylic acids is 1. The number of hydrogen-bond acceptors (Lipinski definition) is 8. The number of piperazine rings is 1. The van der Waals surface area contributed by atoms with Crippen molar-refractivity contribution in [1.82, 2.24) is 14.9 Å². The van der Waals surface area contributed by atoms with Gasteiger partial charge in [0.25, 0.3) is 0 Å². The number of ether oxygens (including phenoxy) is 2. The number of ketones is 1. The highest BCUT2D eigenvalue weighted by Crippen LogP contribution is 2.35. The Labute approximate surface area is 190 Å². The normalized spacial score (nSPS) is 20.4. The summed E-state index contributed by atoms with van der Waals surface area (Å²) in [6, 6.07) is 10.3. The Hall–Kier alpha value is -2.97. The maximum Gasteiger partial charge on any atom is 0.231 e. The molecular weight excluding hydrogens is 424 g/mol. The zero-order valence-corrected chi connectivity index (χ0v) is 18.5. The van der Waals surface area contributed by atoms with Crippen LogP contribution >= 0.6 is 11.3 Å². The molecule has 4 heterocycles. The van der Waals surface area contributed by atoms with Gasteiger partial charge < -0.3 is 14.4 Å². The van der Waals surface area contributed by atoms with Crippen LogP contribution in [0.3, 0.4) is 0 Å². The quantitative estimate of drug-likeness (QED) is 0.605. The van der Waals surface area contributed by atoms with E-state index in [1.54, 1.807) is 17.5 Å². The van der Waals surface area contributed by atoms with E-state index in [0.717, 1.165) is 62.3 Å². The van der Waals surface area contributed by atoms with E-state index in [9.17, 15) is 4.79 Å². The van der Waals surface area contributed by atoms with Gasteiger partial charge in [0.2, 0.25) is 12.7 Å². The van der Waals surface area contributed by atoms with Crippen molar-refractivity contribution >= 4 is 23.1 Å². The van der Waals surface area contributed by atoms with Gasteiger partial charge in [0.05, 0.1) is 11.3 Å². The average Bonchev–Trinajstić information content (AvgIpc) is 3.51. The summed E-state index contributed by atoms with van der Waals surface area (Å²) in [5.74, 6) is 2.79. The Morgan fingerprint density at radius 1 is 1.06 bits per heavy atom. The molecule has 0 radical (unpaired) electrons. The molecular formula is C24H24N4O3S. The molecule has 3 aliphatic rings. The van der Waals surface area contributed by atoms with Crippen LogP contribution in [0.1, 0.15) is 38.8 Å². The van der Waals surface area contributed by atoms with Crippen LogP contribution in [0.15, 0.2) is 41.9 Å². The standard InChI is InChI=1S/C24H24N4O3S/c29-20-12-17(23-2-1-9-32-23)11-19-18(20)13-25-24(26-19)28-7-5-27(6-8-28)14-16-3-4-21-22(10-16)31-15-30-21/h1-4,9-10,13,17H,5-8,11-12,14-15H2. The first-order chi connectivity index (χ1) is 15.7. The number of Topliss-reactive ketones (excluding diaryl/α,β-unsaturated/α-hetero) is 1. The first-order valence-electron chi connectivity index (χ1n) is 11.0. The van der Waals surface area contributed by atoms with Gasteiger partial charge in [0, 0.05) is 56.1 Å². The number of benzene rings is 1. The van der Waals surface area contributed by atoms with E-state index in [1.165, 1.54) is 10.4 Å². The predicted molar refractivity (Wildman–Crippen MR) is 122 cm³/mol. The van der Waals surface area contributed by atoms with Crippen molar-refractivity contribution < 1.29 is 14.3 Å². The summed E-state index contributed by atoms with van der Waals surface area (Å²) in [4.78, 5) is 28.0. The molecule has 2 aromatic heterocycles. The minimum Gasteiger partial charge on any atom is -0.454 e. The molecule has 32 heavy (non-hydrogen) atoms. The van der Waals surface area contributed by atoms with Crippen molar-refractivity contribution in [3.8, 4) is 11.5 Å². The van der Waals surface area contributed by atoms with Crippen LogP contribution in [-0.2, 0) is 13.0 Å². The van der Waals surface area contributed by atoms with Crippen LogP contribution in [0, 0.1) is 0 Å². The predicted octanol–water partition coefficient (Wildman–Crippen LogP) is 3.50. The summed E-state index contributed by atoms with van der Waals surface area (Å²) in [6.07, 6.45) is 3.10. The number of anilines is 1. The molecule has 6 rings (SSSR count). The van der Waals surface area contributed by atoms with Gasteiger partial charge in [0.1, 0.15) is 0 Å². The summed E-state index contributed by atoms with van der Waals surface area (Å²) in [5, 5.41) is 2.07. The Morgan fingerprint density at radius 2 is 1.94 bits per heavy atom. The van der Waals surface area contributed by atoms with Crippen LogP contribution in [0.4, 0.5) is 5.95 Å². The van der Waals surface area contributed by atoms with E-state index >= 15 is 0 Å². The molecule has 1 aliphatic carbocycles. The molecule has 164 valence electrons. The largest absolute Gasteiger partial charge is 0.454 e. The smallest absolute Gasteiger partial charge is 0.231 e. The van der Waals surface area contributed by atoms with Gasteiger partial charge >= 0.3 is 0 Å². The van der Waals surface area contributed by atoms with Crippen LogP contribution in [0.25, 0.3) is 0 Å². The summed E-state index contributed by atoms with van der Waals surface area (Å²) in [5.41, 5.74) is 2.82. The van der Waals surface area contributed by atoms with Crippen molar-refractivity contribution in [2.45, 2.75) is 25.3 Å². The zero-order chi connectivity index (χ0) is 21.5. The van der Waals surface area contributed by atoms with Crippen LogP contribution in [0.5, 0.6) is 11.5 Å². The van der Waals surface area contributed by atoms with Crippen molar-refractivity contribution in [1.29, 1.82) is 0 Å². The second-order valence-corrected chi connectivity index (χ2v) is 9.50. The molecule has 0 amide bonds. The third-order valence-electron chi connectivity index (χ3n) is 6.47. The van der Waals surface area contributed by atoms with Gasteiger partial charge in [-0.15, -0.1) is 11.3 Å². The highest BCUT2D eigenvalue weighted by Gasteiger charge is 2.29. The van der Waals surface area contributed by atoms with Crippen molar-refractivity contribution in [2.75, 3.05) is 37.9 Å². The fourth-order valence-electron chi connectivity index (χ4n) is 4.72. The van der Waals surface area contributed by atoms with Gasteiger partial charge in [-0.3, -0.25) is 9.69 Å². The highest BCUT2D eigenvalue weighted by molar-refractivity contribution is 7.10. The van der Waals surface area contributed by atoms with Crippen LogP contribution < -0.4 is 14.4 Å². The molecule has 0 bridgehead atoms. The van der Waals surface area contributed by atoms with Crippen molar-refractivity contribution in [3.05, 3.63) is 63.6 Å². The van der Waals surface area contributed by atoms with Crippen LogP contribution in [-0.4, -0.2) is 53.6 Å². The summed E-state index contributed by atoms with van der Waals surface area (Å²) >= 11 is 1.72. The molecule has 0 saturated carbocycles. The number of fused-ring (bicyclic) bond motifs is 2. The molecule has 1 atom stereocenters. The lowest BCUT2D eigenvalue weighted by Crippen LogP contribution is -2.46. The maximum absolute atomic E-state index is 12.7.